The maximum absolute atomic E-state index is 13.2. The van der Waals surface area contributed by atoms with E-state index in [1.165, 1.54) is 24.3 Å². The lowest BCUT2D eigenvalue weighted by molar-refractivity contribution is 0.0733. The second-order valence-electron chi connectivity index (χ2n) is 7.62. The fraction of sp³-hybridized carbons (Fsp3) is 0.261. The van der Waals surface area contributed by atoms with Gasteiger partial charge >= 0.3 is 0 Å². The Hall–Kier alpha value is -2.79. The van der Waals surface area contributed by atoms with E-state index in [0.29, 0.717) is 36.0 Å². The molecular weight excluding hydrogens is 389 g/mol. The predicted molar refractivity (Wildman–Crippen MR) is 109 cm³/mol. The summed E-state index contributed by atoms with van der Waals surface area (Å²) in [4.78, 5) is 24.4. The molecule has 0 radical (unpaired) electrons. The molecule has 1 aliphatic carbocycles. The minimum Gasteiger partial charge on any atom is -0.334 e. The monoisotopic (exact) mass is 407 g/mol. The number of hydrogen-bond donors (Lipinski definition) is 0. The molecule has 0 saturated heterocycles. The molecule has 0 unspecified atom stereocenters. The maximum Gasteiger partial charge on any atom is 0.254 e. The summed E-state index contributed by atoms with van der Waals surface area (Å²) < 4.78 is 13.2. The van der Waals surface area contributed by atoms with E-state index < -0.39 is 0 Å². The van der Waals surface area contributed by atoms with Gasteiger partial charge < -0.3 is 4.90 Å². The highest BCUT2D eigenvalue weighted by atomic mass is 35.5. The smallest absolute Gasteiger partial charge is 0.254 e. The zero-order valence-corrected chi connectivity index (χ0v) is 16.5. The maximum atomic E-state index is 13.2. The lowest BCUT2D eigenvalue weighted by atomic mass is 9.98. The van der Waals surface area contributed by atoms with Crippen molar-refractivity contribution in [3.8, 4) is 11.3 Å². The molecule has 1 saturated carbocycles. The van der Waals surface area contributed by atoms with Crippen LogP contribution in [0.4, 0.5) is 4.39 Å². The molecule has 6 heteroatoms. The van der Waals surface area contributed by atoms with Gasteiger partial charge in [-0.1, -0.05) is 23.7 Å². The number of rotatable bonds is 3. The zero-order valence-electron chi connectivity index (χ0n) is 15.7. The van der Waals surface area contributed by atoms with Crippen LogP contribution in [-0.4, -0.2) is 27.3 Å². The first kappa shape index (κ1) is 18.3. The van der Waals surface area contributed by atoms with E-state index in [1.807, 2.05) is 24.3 Å². The van der Waals surface area contributed by atoms with Crippen molar-refractivity contribution in [2.75, 3.05) is 6.54 Å². The molecule has 3 aromatic rings. The first-order chi connectivity index (χ1) is 14.1. The number of nitrogens with zero attached hydrogens (tertiary/aromatic N) is 3. The van der Waals surface area contributed by atoms with Gasteiger partial charge in [-0.25, -0.2) is 14.4 Å². The Morgan fingerprint density at radius 3 is 2.45 bits per heavy atom. The summed E-state index contributed by atoms with van der Waals surface area (Å²) in [5, 5.41) is 0.673. The normalized spacial score (nSPS) is 15.9. The summed E-state index contributed by atoms with van der Waals surface area (Å²) >= 11 is 6.07. The van der Waals surface area contributed by atoms with Crippen molar-refractivity contribution in [2.45, 2.75) is 31.7 Å². The van der Waals surface area contributed by atoms with Crippen LogP contribution in [0.25, 0.3) is 11.3 Å². The largest absolute Gasteiger partial charge is 0.334 e. The summed E-state index contributed by atoms with van der Waals surface area (Å²) in [6, 6.07) is 13.3. The number of fused-ring (bicyclic) bond motifs is 1. The van der Waals surface area contributed by atoms with Crippen LogP contribution in [0.1, 0.15) is 46.2 Å². The molecular formula is C23H19ClFN3O. The highest BCUT2D eigenvalue weighted by molar-refractivity contribution is 6.30. The first-order valence-electron chi connectivity index (χ1n) is 9.79. The molecule has 4 nitrogen and oxygen atoms in total. The molecule has 1 fully saturated rings. The number of amides is 1. The fourth-order valence-corrected chi connectivity index (χ4v) is 3.88. The Bertz CT molecular complexity index is 1080. The summed E-state index contributed by atoms with van der Waals surface area (Å²) in [5.74, 6) is 0.901. The predicted octanol–water partition coefficient (Wildman–Crippen LogP) is 5.01. The van der Waals surface area contributed by atoms with Gasteiger partial charge in [-0.15, -0.1) is 0 Å². The number of carbonyl (C=O) groups is 1. The average molecular weight is 408 g/mol. The Morgan fingerprint density at radius 2 is 1.76 bits per heavy atom. The molecule has 0 bridgehead atoms. The summed E-state index contributed by atoms with van der Waals surface area (Å²) in [6.45, 7) is 1.03. The third-order valence-corrected chi connectivity index (χ3v) is 5.77. The molecule has 2 aliphatic rings. The van der Waals surface area contributed by atoms with Crippen LogP contribution >= 0.6 is 11.6 Å². The van der Waals surface area contributed by atoms with Gasteiger partial charge in [-0.3, -0.25) is 4.79 Å². The highest BCUT2D eigenvalue weighted by Crippen LogP contribution is 2.40. The minimum atomic E-state index is -0.350. The number of aromatic nitrogens is 2. The lowest BCUT2D eigenvalue weighted by Crippen LogP contribution is -2.37. The SMILES string of the molecule is O=C(c1ccc(F)cc1)N1CCc2nc(C3CC3)nc(-c3ccc(Cl)cc3)c2C1. The van der Waals surface area contributed by atoms with Crippen LogP contribution in [-0.2, 0) is 13.0 Å². The van der Waals surface area contributed by atoms with Crippen molar-refractivity contribution < 1.29 is 9.18 Å². The van der Waals surface area contributed by atoms with Crippen LogP contribution in [0.2, 0.25) is 5.02 Å². The fourth-order valence-electron chi connectivity index (χ4n) is 3.75. The number of carbonyl (C=O) groups excluding carboxylic acids is 1. The molecule has 2 aromatic carbocycles. The van der Waals surface area contributed by atoms with Crippen molar-refractivity contribution >= 4 is 17.5 Å². The van der Waals surface area contributed by atoms with Crippen molar-refractivity contribution in [3.05, 3.63) is 82.0 Å². The van der Waals surface area contributed by atoms with Crippen LogP contribution < -0.4 is 0 Å². The van der Waals surface area contributed by atoms with Gasteiger partial charge in [0, 0.05) is 47.1 Å². The van der Waals surface area contributed by atoms with Crippen LogP contribution in [0, 0.1) is 5.82 Å². The molecule has 1 aliphatic heterocycles. The third kappa shape index (κ3) is 3.62. The van der Waals surface area contributed by atoms with Crippen molar-refractivity contribution in [3.63, 3.8) is 0 Å². The standard InChI is InChI=1S/C23H19ClFN3O/c24-17-7-3-14(4-8-17)21-19-13-28(23(29)16-5-9-18(25)10-6-16)12-11-20(19)26-22(27-21)15-1-2-15/h3-10,15H,1-2,11-13H2. The molecule has 2 heterocycles. The van der Waals surface area contributed by atoms with Gasteiger partial charge in [0.25, 0.3) is 5.91 Å². The summed E-state index contributed by atoms with van der Waals surface area (Å²) in [7, 11) is 0. The Kier molecular flexibility index (Phi) is 4.55. The lowest BCUT2D eigenvalue weighted by Gasteiger charge is -2.30. The van der Waals surface area contributed by atoms with Gasteiger partial charge in [-0.05, 0) is 49.2 Å². The Balaban J connectivity index is 1.52. The molecule has 0 N–H and O–H groups in total. The summed E-state index contributed by atoms with van der Waals surface area (Å²) in [6.07, 6.45) is 2.95. The molecule has 0 atom stereocenters. The molecule has 1 aromatic heterocycles. The third-order valence-electron chi connectivity index (χ3n) is 5.52. The number of halogens is 2. The highest BCUT2D eigenvalue weighted by Gasteiger charge is 2.31. The quantitative estimate of drug-likeness (QED) is 0.613. The number of hydrogen-bond acceptors (Lipinski definition) is 3. The van der Waals surface area contributed by atoms with Gasteiger partial charge in [0.2, 0.25) is 0 Å². The van der Waals surface area contributed by atoms with E-state index in [1.54, 1.807) is 4.90 Å². The molecule has 1 amide bonds. The average Bonchev–Trinajstić information content (AvgIpc) is 3.59. The van der Waals surface area contributed by atoms with E-state index >= 15 is 0 Å². The van der Waals surface area contributed by atoms with Gasteiger partial charge in [0.1, 0.15) is 11.6 Å². The van der Waals surface area contributed by atoms with E-state index in [0.717, 1.165) is 41.2 Å². The van der Waals surface area contributed by atoms with Crippen LogP contribution in [0.15, 0.2) is 48.5 Å². The van der Waals surface area contributed by atoms with E-state index in [4.69, 9.17) is 21.6 Å². The second kappa shape index (κ2) is 7.23. The van der Waals surface area contributed by atoms with Gasteiger partial charge in [-0.2, -0.15) is 0 Å². The molecule has 5 rings (SSSR count). The van der Waals surface area contributed by atoms with Crippen molar-refractivity contribution in [1.29, 1.82) is 0 Å². The Labute approximate surface area is 173 Å². The Morgan fingerprint density at radius 1 is 1.03 bits per heavy atom. The molecule has 29 heavy (non-hydrogen) atoms. The van der Waals surface area contributed by atoms with Gasteiger partial charge in [0.05, 0.1) is 11.4 Å². The van der Waals surface area contributed by atoms with Crippen LogP contribution in [0.3, 0.4) is 0 Å². The minimum absolute atomic E-state index is 0.107. The number of benzene rings is 2. The topological polar surface area (TPSA) is 46.1 Å². The van der Waals surface area contributed by atoms with Crippen LogP contribution in [0.5, 0.6) is 0 Å². The molecule has 0 spiro atoms. The summed E-state index contributed by atoms with van der Waals surface area (Å²) in [5.41, 5.74) is 4.35. The van der Waals surface area contributed by atoms with E-state index in [-0.39, 0.29) is 11.7 Å². The van der Waals surface area contributed by atoms with Crippen molar-refractivity contribution in [1.82, 2.24) is 14.9 Å². The van der Waals surface area contributed by atoms with Gasteiger partial charge in [0.15, 0.2) is 0 Å². The second-order valence-corrected chi connectivity index (χ2v) is 8.06. The van der Waals surface area contributed by atoms with Crippen molar-refractivity contribution in [2.24, 2.45) is 0 Å². The first-order valence-corrected chi connectivity index (χ1v) is 10.2. The molecule has 146 valence electrons. The zero-order chi connectivity index (χ0) is 20.0. The van der Waals surface area contributed by atoms with E-state index in [2.05, 4.69) is 0 Å². The van der Waals surface area contributed by atoms with E-state index in [9.17, 15) is 9.18 Å².